The molecule has 0 spiro atoms. The number of nitrogens with one attached hydrogen (secondary N) is 2. The van der Waals surface area contributed by atoms with Gasteiger partial charge in [-0.3, -0.25) is 0 Å². The van der Waals surface area contributed by atoms with Crippen molar-refractivity contribution in [2.24, 2.45) is 11.8 Å². The van der Waals surface area contributed by atoms with Gasteiger partial charge in [-0.1, -0.05) is 18.2 Å². The van der Waals surface area contributed by atoms with E-state index in [2.05, 4.69) is 20.7 Å². The van der Waals surface area contributed by atoms with Gasteiger partial charge in [0.05, 0.1) is 51.9 Å². The maximum atomic E-state index is 15.1. The van der Waals surface area contributed by atoms with Crippen LogP contribution in [0.1, 0.15) is 63.5 Å². The van der Waals surface area contributed by atoms with Crippen LogP contribution in [0.15, 0.2) is 79.4 Å². The van der Waals surface area contributed by atoms with Crippen LogP contribution in [0.4, 0.5) is 38.0 Å². The van der Waals surface area contributed by atoms with E-state index in [1.54, 1.807) is 18.3 Å². The molecule has 1 aliphatic carbocycles. The molecule has 5 heterocycles. The number of fused-ring (bicyclic) bond motifs is 2. The van der Waals surface area contributed by atoms with Crippen molar-refractivity contribution in [2.45, 2.75) is 76.4 Å². The number of nitrogens with zero attached hydrogens (tertiary/aromatic N) is 6. The second-order valence-electron chi connectivity index (χ2n) is 16.1. The summed E-state index contributed by atoms with van der Waals surface area (Å²) < 4.78 is 115. The van der Waals surface area contributed by atoms with Crippen LogP contribution < -0.4 is 15.1 Å². The zero-order chi connectivity index (χ0) is 41.9. The second kappa shape index (κ2) is 15.1. The third-order valence-electron chi connectivity index (χ3n) is 11.6. The lowest BCUT2D eigenvalue weighted by atomic mass is 9.77. The number of alkyl halides is 6. The third kappa shape index (κ3) is 8.60. The van der Waals surface area contributed by atoms with Gasteiger partial charge < -0.3 is 15.7 Å². The summed E-state index contributed by atoms with van der Waals surface area (Å²) in [5.74, 6) is 1.24. The van der Waals surface area contributed by atoms with E-state index in [0.717, 1.165) is 43.9 Å². The third-order valence-corrected chi connectivity index (χ3v) is 13.3. The Labute approximate surface area is 336 Å². The number of rotatable bonds is 9. The highest BCUT2D eigenvalue weighted by molar-refractivity contribution is 7.91. The van der Waals surface area contributed by atoms with Crippen molar-refractivity contribution in [2.75, 3.05) is 28.7 Å². The molecule has 1 saturated carbocycles. The number of anilines is 2. The van der Waals surface area contributed by atoms with Gasteiger partial charge in [-0.25, -0.2) is 17.9 Å². The quantitative estimate of drug-likeness (QED) is 0.0987. The molecule has 6 aromatic rings. The molecule has 0 radical (unpaired) electrons. The first-order valence-corrected chi connectivity index (χ1v) is 21.3. The lowest BCUT2D eigenvalue weighted by Gasteiger charge is -2.36. The molecule has 0 amide bonds. The highest BCUT2D eigenvalue weighted by Crippen LogP contribution is 2.39. The number of hydrogen-bond donors (Lipinski definition) is 3. The van der Waals surface area contributed by atoms with Crippen LogP contribution in [0.2, 0.25) is 0 Å². The molecule has 18 heteroatoms. The van der Waals surface area contributed by atoms with Crippen molar-refractivity contribution >= 4 is 32.8 Å². The zero-order valence-electron chi connectivity index (χ0n) is 32.2. The lowest BCUT2D eigenvalue weighted by molar-refractivity contribution is -0.600. The summed E-state index contributed by atoms with van der Waals surface area (Å²) in [7, 11) is -3.08. The van der Waals surface area contributed by atoms with Gasteiger partial charge >= 0.3 is 18.0 Å². The Morgan fingerprint density at radius 3 is 2.27 bits per heavy atom. The van der Waals surface area contributed by atoms with Gasteiger partial charge in [0, 0.05) is 30.4 Å². The van der Waals surface area contributed by atoms with Crippen LogP contribution >= 0.6 is 0 Å². The van der Waals surface area contributed by atoms with Crippen molar-refractivity contribution < 1.29 is 44.4 Å². The number of aliphatic hydroxyl groups is 1. The Morgan fingerprint density at radius 2 is 1.58 bits per heavy atom. The van der Waals surface area contributed by atoms with E-state index in [0.29, 0.717) is 42.2 Å². The van der Waals surface area contributed by atoms with Gasteiger partial charge in [-0.15, -0.1) is 4.52 Å². The predicted molar refractivity (Wildman–Crippen MR) is 210 cm³/mol. The number of sulfone groups is 1. The first kappa shape index (κ1) is 40.5. The maximum absolute atomic E-state index is 15.1. The smallest absolute Gasteiger partial charge is 0.390 e. The average molecular weight is 842 g/mol. The molecule has 8 rings (SSSR count). The number of aromatic nitrogens is 6. The molecular formula is C41H43F6N8O3S+. The van der Waals surface area contributed by atoms with Crippen molar-refractivity contribution in [3.05, 3.63) is 90.5 Å². The summed E-state index contributed by atoms with van der Waals surface area (Å²) in [5.41, 5.74) is -1.76. The van der Waals surface area contributed by atoms with E-state index in [1.165, 1.54) is 56.6 Å². The van der Waals surface area contributed by atoms with Crippen LogP contribution in [-0.2, 0) is 22.2 Å². The highest BCUT2D eigenvalue weighted by atomic mass is 32.2. The van der Waals surface area contributed by atoms with Crippen LogP contribution in [0, 0.1) is 11.8 Å². The topological polar surface area (TPSA) is 131 Å². The van der Waals surface area contributed by atoms with Crippen LogP contribution in [0.25, 0.3) is 39.2 Å². The Bertz CT molecular complexity index is 2610. The van der Waals surface area contributed by atoms with Gasteiger partial charge in [0.2, 0.25) is 5.82 Å². The molecule has 2 aliphatic rings. The molecule has 312 valence electrons. The van der Waals surface area contributed by atoms with Gasteiger partial charge in [0.15, 0.2) is 5.65 Å². The average Bonchev–Trinajstić information content (AvgIpc) is 3.78. The van der Waals surface area contributed by atoms with Gasteiger partial charge in [0.1, 0.15) is 21.9 Å². The summed E-state index contributed by atoms with van der Waals surface area (Å²) in [4.78, 5) is 9.40. The monoisotopic (exact) mass is 841 g/mol. The van der Waals surface area contributed by atoms with E-state index in [1.807, 2.05) is 13.8 Å². The molecular weight excluding hydrogens is 799 g/mol. The van der Waals surface area contributed by atoms with Crippen molar-refractivity contribution in [3.8, 4) is 27.9 Å². The van der Waals surface area contributed by atoms with E-state index < -0.39 is 38.9 Å². The van der Waals surface area contributed by atoms with Gasteiger partial charge in [0.25, 0.3) is 0 Å². The standard InChI is InChI=1S/C41H42F6N8O3S/c1-39(2,56)28-7-9-30(10-8-28)50-36-12-16-53-37(52-36)31(23-49-53)27-6-11-34(33(21-27)41(45,46)47)55-24-32(26-4-3-5-29(20-26)40(42,43)44)38-51-35(13-17-54(38)55)48-22-25-14-18-59(57,58)19-15-25/h3-6,11-13,16-17,20-21,23-25,28,30,56H,7-10,14-15,18-19,22H2,1-2H3,(H,49,50,52)/p+1. The summed E-state index contributed by atoms with van der Waals surface area (Å²) in [5, 5.41) is 21.4. The van der Waals surface area contributed by atoms with Crippen molar-refractivity contribution in [3.63, 3.8) is 0 Å². The Hall–Kier alpha value is -5.23. The molecule has 1 saturated heterocycles. The molecule has 11 nitrogen and oxygen atoms in total. The van der Waals surface area contributed by atoms with E-state index >= 15 is 13.2 Å². The largest absolute Gasteiger partial charge is 0.418 e. The second-order valence-corrected chi connectivity index (χ2v) is 18.4. The first-order chi connectivity index (χ1) is 27.8. The van der Waals surface area contributed by atoms with E-state index in [9.17, 15) is 26.7 Å². The summed E-state index contributed by atoms with van der Waals surface area (Å²) >= 11 is 0. The summed E-state index contributed by atoms with van der Waals surface area (Å²) in [6.45, 7) is 4.03. The van der Waals surface area contributed by atoms with Crippen molar-refractivity contribution in [1.29, 1.82) is 0 Å². The van der Waals surface area contributed by atoms with Crippen LogP contribution in [0.3, 0.4) is 0 Å². The number of hydrogen-bond acceptors (Lipinski definition) is 8. The number of halogens is 6. The molecule has 2 aromatic carbocycles. The fraction of sp³-hybridized carbons (Fsp3) is 0.415. The molecule has 0 atom stereocenters. The molecule has 4 aromatic heterocycles. The molecule has 59 heavy (non-hydrogen) atoms. The Balaban J connectivity index is 1.16. The van der Waals surface area contributed by atoms with E-state index in [-0.39, 0.29) is 57.4 Å². The lowest BCUT2D eigenvalue weighted by Crippen LogP contribution is -2.37. The number of benzene rings is 2. The SMILES string of the molecule is CC(C)(O)C1CCC(Nc2ccn3ncc(-c4ccc(-n5cc(-c6cccc(C(F)(F)F)c6)c6nc(NCC7CCS(=O)(=O)CC7)cc[n+]65)c(C(F)(F)F)c4)c3n2)CC1. The predicted octanol–water partition coefficient (Wildman–Crippen LogP) is 8.00. The normalized spacial score (nSPS) is 19.3. The highest BCUT2D eigenvalue weighted by Gasteiger charge is 2.37. The first-order valence-electron chi connectivity index (χ1n) is 19.4. The fourth-order valence-electron chi connectivity index (χ4n) is 8.19. The summed E-state index contributed by atoms with van der Waals surface area (Å²) in [6.07, 6.45) is 0.679. The molecule has 2 fully saturated rings. The molecule has 3 N–H and O–H groups in total. The minimum absolute atomic E-state index is 0.0421. The fourth-order valence-corrected chi connectivity index (χ4v) is 9.78. The summed E-state index contributed by atoms with van der Waals surface area (Å²) in [6, 6.07) is 11.8. The van der Waals surface area contributed by atoms with Gasteiger partial charge in [-0.05, 0) is 111 Å². The van der Waals surface area contributed by atoms with Gasteiger partial charge in [-0.2, -0.15) is 36.1 Å². The minimum Gasteiger partial charge on any atom is -0.390 e. The van der Waals surface area contributed by atoms with Crippen LogP contribution in [-0.4, -0.2) is 67.5 Å². The molecule has 1 aliphatic heterocycles. The Kier molecular flexibility index (Phi) is 10.4. The molecule has 0 bridgehead atoms. The minimum atomic E-state index is -4.87. The van der Waals surface area contributed by atoms with Crippen molar-refractivity contribution in [1.82, 2.24) is 24.3 Å². The Morgan fingerprint density at radius 1 is 0.847 bits per heavy atom. The molecule has 0 unspecified atom stereocenters. The maximum Gasteiger partial charge on any atom is 0.418 e. The zero-order valence-corrected chi connectivity index (χ0v) is 33.0. The van der Waals surface area contributed by atoms with Crippen LogP contribution in [0.5, 0.6) is 0 Å². The van der Waals surface area contributed by atoms with E-state index in [4.69, 9.17) is 4.98 Å².